The average Bonchev–Trinajstić information content (AvgIpc) is 3.27. The van der Waals surface area contributed by atoms with Crippen molar-refractivity contribution in [3.05, 3.63) is 81.6 Å². The van der Waals surface area contributed by atoms with Crippen molar-refractivity contribution in [1.82, 2.24) is 14.8 Å². The highest BCUT2D eigenvalue weighted by Gasteiger charge is 2.16. The minimum absolute atomic E-state index is 0.457. The molecular formula is C22H17ClN4S. The molecule has 0 amide bonds. The smallest absolute Gasteiger partial charge is 0.123 e. The number of aryl methyl sites for hydroxylation is 1. The summed E-state index contributed by atoms with van der Waals surface area (Å²) in [7, 11) is 0. The molecular weight excluding hydrogens is 388 g/mol. The van der Waals surface area contributed by atoms with Gasteiger partial charge in [0.05, 0.1) is 28.5 Å². The van der Waals surface area contributed by atoms with Gasteiger partial charge in [0.15, 0.2) is 0 Å². The van der Waals surface area contributed by atoms with Crippen molar-refractivity contribution in [2.45, 2.75) is 20.4 Å². The van der Waals surface area contributed by atoms with Crippen molar-refractivity contribution in [2.24, 2.45) is 0 Å². The zero-order valence-corrected chi connectivity index (χ0v) is 17.1. The van der Waals surface area contributed by atoms with Gasteiger partial charge in [0.2, 0.25) is 0 Å². The lowest BCUT2D eigenvalue weighted by atomic mass is 10.0. The maximum Gasteiger partial charge on any atom is 0.123 e. The van der Waals surface area contributed by atoms with Gasteiger partial charge in [-0.05, 0) is 31.5 Å². The summed E-state index contributed by atoms with van der Waals surface area (Å²) in [6.07, 6.45) is 0. The monoisotopic (exact) mass is 404 g/mol. The zero-order chi connectivity index (χ0) is 19.7. The largest absolute Gasteiger partial charge is 0.263 e. The topological polar surface area (TPSA) is 54.5 Å². The van der Waals surface area contributed by atoms with Gasteiger partial charge in [-0.3, -0.25) is 4.68 Å². The standard InChI is InChI=1S/C22H17ClN4S/c1-14-21(17-8-9-18(11-24)20(23)10-17)15(2)27(26-14)12-19-13-28-22(25-19)16-6-4-3-5-7-16/h3-10,13H,12H2,1-2H3. The van der Waals surface area contributed by atoms with Crippen molar-refractivity contribution < 1.29 is 0 Å². The first-order valence-electron chi connectivity index (χ1n) is 8.80. The molecule has 4 aromatic rings. The van der Waals surface area contributed by atoms with Gasteiger partial charge in [0.25, 0.3) is 0 Å². The number of nitrogens with zero attached hydrogens (tertiary/aromatic N) is 4. The highest BCUT2D eigenvalue weighted by Crippen LogP contribution is 2.31. The molecule has 0 saturated heterocycles. The first-order chi connectivity index (χ1) is 13.6. The summed E-state index contributed by atoms with van der Waals surface area (Å²) in [5.41, 5.74) is 6.57. The number of hydrogen-bond acceptors (Lipinski definition) is 4. The fraction of sp³-hybridized carbons (Fsp3) is 0.136. The van der Waals surface area contributed by atoms with Crippen LogP contribution >= 0.6 is 22.9 Å². The summed E-state index contributed by atoms with van der Waals surface area (Å²) in [4.78, 5) is 4.77. The summed E-state index contributed by atoms with van der Waals surface area (Å²) in [6.45, 7) is 4.65. The van der Waals surface area contributed by atoms with Crippen molar-refractivity contribution in [3.8, 4) is 27.8 Å². The number of halogens is 1. The molecule has 0 aliphatic rings. The van der Waals surface area contributed by atoms with Crippen LogP contribution in [0, 0.1) is 25.2 Å². The summed E-state index contributed by atoms with van der Waals surface area (Å²) in [6, 6.07) is 17.8. The second-order valence-corrected chi connectivity index (χ2v) is 7.79. The van der Waals surface area contributed by atoms with Crippen molar-refractivity contribution in [3.63, 3.8) is 0 Å². The molecule has 2 aromatic heterocycles. The Bertz CT molecular complexity index is 1190. The predicted octanol–water partition coefficient (Wildman–Crippen LogP) is 5.86. The number of thiazole rings is 1. The number of aromatic nitrogens is 3. The molecule has 0 saturated carbocycles. The van der Waals surface area contributed by atoms with Crippen LogP contribution in [0.25, 0.3) is 21.7 Å². The van der Waals surface area contributed by atoms with Crippen LogP contribution in [0.5, 0.6) is 0 Å². The van der Waals surface area contributed by atoms with E-state index in [-0.39, 0.29) is 0 Å². The molecule has 0 radical (unpaired) electrons. The maximum absolute atomic E-state index is 9.08. The van der Waals surface area contributed by atoms with Crippen molar-refractivity contribution in [2.75, 3.05) is 0 Å². The van der Waals surface area contributed by atoms with E-state index in [4.69, 9.17) is 26.9 Å². The Morgan fingerprint density at radius 3 is 2.61 bits per heavy atom. The van der Waals surface area contributed by atoms with E-state index in [0.29, 0.717) is 17.1 Å². The number of hydrogen-bond donors (Lipinski definition) is 0. The van der Waals surface area contributed by atoms with E-state index in [1.165, 1.54) is 0 Å². The summed E-state index contributed by atoms with van der Waals surface area (Å²) >= 11 is 7.86. The molecule has 4 nitrogen and oxygen atoms in total. The number of benzene rings is 2. The lowest BCUT2D eigenvalue weighted by Gasteiger charge is -2.06. The van der Waals surface area contributed by atoms with Gasteiger partial charge in [-0.1, -0.05) is 48.0 Å². The number of rotatable bonds is 4. The second-order valence-electron chi connectivity index (χ2n) is 6.52. The van der Waals surface area contributed by atoms with Crippen LogP contribution in [0.15, 0.2) is 53.9 Å². The summed E-state index contributed by atoms with van der Waals surface area (Å²) < 4.78 is 1.97. The van der Waals surface area contributed by atoms with E-state index in [1.807, 2.05) is 48.9 Å². The summed E-state index contributed by atoms with van der Waals surface area (Å²) in [5, 5.41) is 17.3. The van der Waals surface area contributed by atoms with Gasteiger partial charge in [-0.25, -0.2) is 4.98 Å². The lowest BCUT2D eigenvalue weighted by molar-refractivity contribution is 0.650. The first kappa shape index (κ1) is 18.4. The molecule has 0 atom stereocenters. The Morgan fingerprint density at radius 1 is 1.11 bits per heavy atom. The van der Waals surface area contributed by atoms with E-state index < -0.39 is 0 Å². The highest BCUT2D eigenvalue weighted by atomic mass is 35.5. The third kappa shape index (κ3) is 3.45. The van der Waals surface area contributed by atoms with E-state index in [2.05, 4.69) is 23.6 Å². The molecule has 0 N–H and O–H groups in total. The molecule has 0 fully saturated rings. The molecule has 0 spiro atoms. The predicted molar refractivity (Wildman–Crippen MR) is 114 cm³/mol. The second kappa shape index (κ2) is 7.59. The molecule has 138 valence electrons. The van der Waals surface area contributed by atoms with Gasteiger partial charge in [-0.15, -0.1) is 11.3 Å². The molecule has 0 bridgehead atoms. The Kier molecular flexibility index (Phi) is 4.99. The van der Waals surface area contributed by atoms with Gasteiger partial charge >= 0.3 is 0 Å². The van der Waals surface area contributed by atoms with Gasteiger partial charge in [0.1, 0.15) is 11.1 Å². The fourth-order valence-corrected chi connectivity index (χ4v) is 4.32. The minimum Gasteiger partial charge on any atom is -0.263 e. The molecule has 0 aliphatic carbocycles. The molecule has 0 unspecified atom stereocenters. The molecule has 0 aliphatic heterocycles. The zero-order valence-electron chi connectivity index (χ0n) is 15.5. The maximum atomic E-state index is 9.08. The van der Waals surface area contributed by atoms with Crippen LogP contribution in [0.1, 0.15) is 22.6 Å². The quantitative estimate of drug-likeness (QED) is 0.427. The van der Waals surface area contributed by atoms with Crippen LogP contribution in [-0.2, 0) is 6.54 Å². The van der Waals surface area contributed by atoms with Crippen LogP contribution in [0.2, 0.25) is 5.02 Å². The first-order valence-corrected chi connectivity index (χ1v) is 10.1. The lowest BCUT2D eigenvalue weighted by Crippen LogP contribution is -2.04. The van der Waals surface area contributed by atoms with Crippen LogP contribution in [-0.4, -0.2) is 14.8 Å². The number of nitriles is 1. The van der Waals surface area contributed by atoms with Crippen LogP contribution in [0.4, 0.5) is 0 Å². The minimum atomic E-state index is 0.457. The van der Waals surface area contributed by atoms with Crippen molar-refractivity contribution >= 4 is 22.9 Å². The molecule has 6 heteroatoms. The SMILES string of the molecule is Cc1nn(Cc2csc(-c3ccccc3)n2)c(C)c1-c1ccc(C#N)c(Cl)c1. The van der Waals surface area contributed by atoms with Gasteiger partial charge in [-0.2, -0.15) is 10.4 Å². The Labute approximate surface area is 172 Å². The van der Waals surface area contributed by atoms with E-state index in [1.54, 1.807) is 17.4 Å². The molecule has 28 heavy (non-hydrogen) atoms. The molecule has 2 aromatic carbocycles. The van der Waals surface area contributed by atoms with Gasteiger partial charge < -0.3 is 0 Å². The Balaban J connectivity index is 1.64. The molecule has 2 heterocycles. The van der Waals surface area contributed by atoms with Crippen LogP contribution in [0.3, 0.4) is 0 Å². The molecule has 4 rings (SSSR count). The third-order valence-electron chi connectivity index (χ3n) is 4.64. The van der Waals surface area contributed by atoms with Crippen LogP contribution < -0.4 is 0 Å². The third-order valence-corrected chi connectivity index (χ3v) is 5.90. The Hall–Kier alpha value is -2.94. The Morgan fingerprint density at radius 2 is 1.89 bits per heavy atom. The average molecular weight is 405 g/mol. The highest BCUT2D eigenvalue weighted by molar-refractivity contribution is 7.13. The fourth-order valence-electron chi connectivity index (χ4n) is 3.28. The van der Waals surface area contributed by atoms with Gasteiger partial charge in [0, 0.05) is 22.2 Å². The van der Waals surface area contributed by atoms with E-state index in [9.17, 15) is 0 Å². The van der Waals surface area contributed by atoms with E-state index in [0.717, 1.165) is 38.8 Å². The van der Waals surface area contributed by atoms with E-state index >= 15 is 0 Å². The van der Waals surface area contributed by atoms with Crippen molar-refractivity contribution in [1.29, 1.82) is 5.26 Å². The normalized spacial score (nSPS) is 10.8. The summed E-state index contributed by atoms with van der Waals surface area (Å²) in [5.74, 6) is 0.